The van der Waals surface area contributed by atoms with Crippen molar-refractivity contribution in [3.63, 3.8) is 0 Å². The van der Waals surface area contributed by atoms with Gasteiger partial charge < -0.3 is 34.6 Å². The molecule has 5 heterocycles. The highest BCUT2D eigenvalue weighted by atomic mass is 19.1. The van der Waals surface area contributed by atoms with Gasteiger partial charge in [0, 0.05) is 49.0 Å². The van der Waals surface area contributed by atoms with Crippen LogP contribution in [-0.2, 0) is 12.2 Å². The van der Waals surface area contributed by atoms with Gasteiger partial charge in [0.2, 0.25) is 0 Å². The molecule has 4 aromatic rings. The Morgan fingerprint density at radius 1 is 1.09 bits per heavy atom. The van der Waals surface area contributed by atoms with E-state index in [4.69, 9.17) is 4.74 Å². The van der Waals surface area contributed by atoms with E-state index < -0.39 is 17.3 Å². The van der Waals surface area contributed by atoms with Crippen LogP contribution in [0.25, 0.3) is 27.7 Å². The van der Waals surface area contributed by atoms with Gasteiger partial charge in [-0.05, 0) is 79.3 Å². The molecule has 0 bridgehead atoms. The molecule has 0 saturated carbocycles. The molecule has 0 unspecified atom stereocenters. The first-order chi connectivity index (χ1) is 22.1. The largest absolute Gasteiger partial charge is 0.491 e. The maximum absolute atomic E-state index is 15.4. The molecular weight excluding hydrogens is 589 g/mol. The lowest BCUT2D eigenvalue weighted by atomic mass is 9.95. The van der Waals surface area contributed by atoms with Crippen LogP contribution in [0.1, 0.15) is 53.9 Å². The Balaban J connectivity index is 1.23. The standard InChI is InChI=1S/C35H36FN5O5/c1-35(2,45)22-17-27(36)31-30(18-22)46-16-15-41(33(31)43)29-6-3-5-23(26(29)20-42)24-7-10-37-32-25(24)19-28(38-32)21-8-13-40(14-9-21)34(44)39-11-4-12-39/h3,5-8,10,17-19,42,45H,4,9,11-16,20H2,1-2H3,(H,37,38). The minimum atomic E-state index is -1.32. The third-order valence-corrected chi connectivity index (χ3v) is 9.17. The molecule has 0 atom stereocenters. The maximum Gasteiger partial charge on any atom is 0.320 e. The maximum atomic E-state index is 15.4. The van der Waals surface area contributed by atoms with Crippen LogP contribution in [0.5, 0.6) is 5.75 Å². The number of H-pyrrole nitrogens is 1. The second-order valence-corrected chi connectivity index (χ2v) is 12.5. The van der Waals surface area contributed by atoms with E-state index in [1.165, 1.54) is 11.0 Å². The minimum Gasteiger partial charge on any atom is -0.491 e. The van der Waals surface area contributed by atoms with Crippen LogP contribution in [0.15, 0.2) is 54.7 Å². The SMILES string of the molecule is CC(C)(O)c1cc(F)c2c(c1)OCCN(c1cccc(-c3ccnc4[nH]c(C5=CCN(C(=O)N6CCC6)CC5)cc34)c1CO)C2=O. The zero-order chi connectivity index (χ0) is 32.2. The van der Waals surface area contributed by atoms with E-state index in [0.717, 1.165) is 53.4 Å². The number of ether oxygens (including phenoxy) is 1. The number of rotatable bonds is 5. The molecule has 10 nitrogen and oxygen atoms in total. The summed E-state index contributed by atoms with van der Waals surface area (Å²) in [5.74, 6) is -1.30. The molecule has 2 aromatic carbocycles. The number of anilines is 1. The van der Waals surface area contributed by atoms with Crippen LogP contribution in [0.4, 0.5) is 14.9 Å². The highest BCUT2D eigenvalue weighted by Crippen LogP contribution is 2.39. The lowest BCUT2D eigenvalue weighted by molar-refractivity contribution is 0.0777. The van der Waals surface area contributed by atoms with Crippen LogP contribution in [0.2, 0.25) is 0 Å². The molecular formula is C35H36FN5O5. The predicted octanol–water partition coefficient (Wildman–Crippen LogP) is 5.04. The van der Waals surface area contributed by atoms with Gasteiger partial charge in [0.1, 0.15) is 29.4 Å². The molecule has 7 rings (SSSR count). The van der Waals surface area contributed by atoms with Gasteiger partial charge in [-0.25, -0.2) is 14.2 Å². The van der Waals surface area contributed by atoms with E-state index in [9.17, 15) is 19.8 Å². The normalized spacial score (nSPS) is 16.9. The van der Waals surface area contributed by atoms with Gasteiger partial charge in [-0.1, -0.05) is 18.2 Å². The number of aliphatic hydroxyl groups excluding tert-OH is 1. The van der Waals surface area contributed by atoms with Gasteiger partial charge in [-0.3, -0.25) is 4.79 Å². The van der Waals surface area contributed by atoms with Crippen molar-refractivity contribution in [2.75, 3.05) is 44.2 Å². The smallest absolute Gasteiger partial charge is 0.320 e. The van der Waals surface area contributed by atoms with Crippen LogP contribution in [0, 0.1) is 5.82 Å². The first kappa shape index (κ1) is 29.9. The Labute approximate surface area is 265 Å². The molecule has 0 aliphatic carbocycles. The summed E-state index contributed by atoms with van der Waals surface area (Å²) in [6, 6.07) is 12.1. The van der Waals surface area contributed by atoms with Gasteiger partial charge in [0.05, 0.1) is 24.4 Å². The molecule has 0 spiro atoms. The first-order valence-electron chi connectivity index (χ1n) is 15.6. The Morgan fingerprint density at radius 2 is 1.91 bits per heavy atom. The number of aromatic nitrogens is 2. The number of aliphatic hydroxyl groups is 2. The molecule has 2 aromatic heterocycles. The van der Waals surface area contributed by atoms with Crippen LogP contribution in [-0.4, -0.2) is 81.2 Å². The molecule has 3 aliphatic heterocycles. The Morgan fingerprint density at radius 3 is 2.61 bits per heavy atom. The van der Waals surface area contributed by atoms with Crippen molar-refractivity contribution in [2.45, 2.75) is 38.9 Å². The molecule has 46 heavy (non-hydrogen) atoms. The van der Waals surface area contributed by atoms with Crippen molar-refractivity contribution >= 4 is 34.2 Å². The number of fused-ring (bicyclic) bond motifs is 2. The minimum absolute atomic E-state index is 0.0760. The van der Waals surface area contributed by atoms with Crippen LogP contribution >= 0.6 is 0 Å². The van der Waals surface area contributed by atoms with Crippen molar-refractivity contribution in [3.05, 3.63) is 82.9 Å². The van der Waals surface area contributed by atoms with E-state index in [0.29, 0.717) is 42.0 Å². The molecule has 3 N–H and O–H groups in total. The van der Waals surface area contributed by atoms with Crippen molar-refractivity contribution < 1.29 is 28.9 Å². The molecule has 11 heteroatoms. The Bertz CT molecular complexity index is 1890. The number of benzene rings is 2. The predicted molar refractivity (Wildman–Crippen MR) is 172 cm³/mol. The molecule has 3 amide bonds. The first-order valence-corrected chi connectivity index (χ1v) is 15.6. The number of urea groups is 1. The molecule has 1 saturated heterocycles. The molecule has 1 fully saturated rings. The van der Waals surface area contributed by atoms with Crippen LogP contribution in [0.3, 0.4) is 0 Å². The topological polar surface area (TPSA) is 122 Å². The zero-order valence-corrected chi connectivity index (χ0v) is 25.8. The summed E-state index contributed by atoms with van der Waals surface area (Å²) in [4.78, 5) is 39.7. The lowest BCUT2D eigenvalue weighted by Crippen LogP contribution is -2.50. The molecule has 238 valence electrons. The van der Waals surface area contributed by atoms with Gasteiger partial charge in [-0.15, -0.1) is 0 Å². The van der Waals surface area contributed by atoms with Crippen LogP contribution < -0.4 is 9.64 Å². The third kappa shape index (κ3) is 5.19. The second-order valence-electron chi connectivity index (χ2n) is 12.5. The number of carbonyl (C=O) groups excluding carboxylic acids is 2. The van der Waals surface area contributed by atoms with E-state index in [-0.39, 0.29) is 37.1 Å². The fourth-order valence-electron chi connectivity index (χ4n) is 6.45. The monoisotopic (exact) mass is 625 g/mol. The summed E-state index contributed by atoms with van der Waals surface area (Å²) in [6.45, 7) is 5.79. The number of aromatic amines is 1. The summed E-state index contributed by atoms with van der Waals surface area (Å²) in [7, 11) is 0. The number of carbonyl (C=O) groups is 2. The number of nitrogens with zero attached hydrogens (tertiary/aromatic N) is 4. The number of nitrogens with one attached hydrogen (secondary N) is 1. The number of amides is 3. The molecule has 3 aliphatic rings. The number of likely N-dealkylation sites (tertiary alicyclic amines) is 1. The van der Waals surface area contributed by atoms with E-state index >= 15 is 4.39 Å². The number of hydrogen-bond acceptors (Lipinski definition) is 6. The Kier molecular flexibility index (Phi) is 7.53. The summed E-state index contributed by atoms with van der Waals surface area (Å²) in [5, 5.41) is 22.0. The Hall–Kier alpha value is -4.74. The van der Waals surface area contributed by atoms with Gasteiger partial charge in [0.25, 0.3) is 5.91 Å². The van der Waals surface area contributed by atoms with Crippen molar-refractivity contribution in [1.29, 1.82) is 0 Å². The summed E-state index contributed by atoms with van der Waals surface area (Å²) in [5.41, 5.74) is 3.99. The number of halogens is 1. The van der Waals surface area contributed by atoms with Crippen molar-refractivity contribution in [1.82, 2.24) is 19.8 Å². The van der Waals surface area contributed by atoms with Gasteiger partial charge in [0.15, 0.2) is 0 Å². The van der Waals surface area contributed by atoms with Gasteiger partial charge >= 0.3 is 6.03 Å². The van der Waals surface area contributed by atoms with Crippen molar-refractivity contribution in [2.24, 2.45) is 0 Å². The fourth-order valence-corrected chi connectivity index (χ4v) is 6.45. The average Bonchev–Trinajstić information content (AvgIpc) is 3.38. The summed E-state index contributed by atoms with van der Waals surface area (Å²) < 4.78 is 21.2. The summed E-state index contributed by atoms with van der Waals surface area (Å²) in [6.07, 6.45) is 5.56. The highest BCUT2D eigenvalue weighted by molar-refractivity contribution is 6.09. The third-order valence-electron chi connectivity index (χ3n) is 9.17. The van der Waals surface area contributed by atoms with E-state index in [2.05, 4.69) is 16.0 Å². The van der Waals surface area contributed by atoms with Crippen molar-refractivity contribution in [3.8, 4) is 16.9 Å². The number of hydrogen-bond donors (Lipinski definition) is 3. The zero-order valence-electron chi connectivity index (χ0n) is 25.8. The van der Waals surface area contributed by atoms with Gasteiger partial charge in [-0.2, -0.15) is 0 Å². The van der Waals surface area contributed by atoms with E-state index in [1.54, 1.807) is 26.1 Å². The lowest BCUT2D eigenvalue weighted by Gasteiger charge is -2.37. The number of pyridine rings is 1. The summed E-state index contributed by atoms with van der Waals surface area (Å²) >= 11 is 0. The fraction of sp³-hybridized carbons (Fsp3) is 0.343. The average molecular weight is 626 g/mol. The highest BCUT2D eigenvalue weighted by Gasteiger charge is 2.32. The van der Waals surface area contributed by atoms with E-state index in [1.807, 2.05) is 34.1 Å². The molecule has 0 radical (unpaired) electrons. The second kappa shape index (κ2) is 11.6. The quantitative estimate of drug-likeness (QED) is 0.286.